The molecule has 5 heteroatoms. The monoisotopic (exact) mass is 273 g/mol. The summed E-state index contributed by atoms with van der Waals surface area (Å²) in [7, 11) is 0. The zero-order valence-electron chi connectivity index (χ0n) is 5.39. The van der Waals surface area contributed by atoms with Crippen LogP contribution in [-0.4, -0.2) is 22.0 Å². The molecule has 0 radical (unpaired) electrons. The van der Waals surface area contributed by atoms with Crippen molar-refractivity contribution in [2.24, 2.45) is 5.16 Å². The van der Waals surface area contributed by atoms with E-state index in [-0.39, 0.29) is 0 Å². The van der Waals surface area contributed by atoms with Gasteiger partial charge in [-0.25, -0.2) is 0 Å². The summed E-state index contributed by atoms with van der Waals surface area (Å²) in [5.74, 6) is 0. The molecule has 0 amide bonds. The average Bonchev–Trinajstić information content (AvgIpc) is 2.43. The highest BCUT2D eigenvalue weighted by Crippen LogP contribution is 1.98. The van der Waals surface area contributed by atoms with Gasteiger partial charge in [-0.2, -0.15) is 0 Å². The minimum Gasteiger partial charge on any atom is -0.410 e. The van der Waals surface area contributed by atoms with Crippen LogP contribution in [0.1, 0.15) is 12.8 Å². The molecule has 3 nitrogen and oxygen atoms in total. The Morgan fingerprint density at radius 3 is 1.80 bits per heavy atom. The Balaban J connectivity index is 0.000000162. The fraction of sp³-hybridized carbons (Fsp3) is 0.800. The summed E-state index contributed by atoms with van der Waals surface area (Å²) in [5.41, 5.74) is 0. The second kappa shape index (κ2) is 7.50. The summed E-state index contributed by atoms with van der Waals surface area (Å²) in [4.78, 5) is 0. The van der Waals surface area contributed by atoms with Gasteiger partial charge in [0.05, 0.1) is 0 Å². The molecule has 0 unspecified atom stereocenters. The molecule has 1 rings (SSSR count). The Hall–Kier alpha value is 0.390. The van der Waals surface area contributed by atoms with Gasteiger partial charge in [0.2, 0.25) is 0 Å². The Kier molecular flexibility index (Phi) is 7.79. The van der Waals surface area contributed by atoms with Crippen LogP contribution in [0.5, 0.6) is 0 Å². The molecule has 1 N–H and O–H groups in total. The first kappa shape index (κ1) is 10.4. The number of hydrogen-bond donors (Lipinski definition) is 1. The van der Waals surface area contributed by atoms with Gasteiger partial charge in [-0.05, 0) is 44.7 Å². The minimum absolute atomic E-state index is 0.310. The van der Waals surface area contributed by atoms with Gasteiger partial charge in [-0.15, -0.1) is 0 Å². The van der Waals surface area contributed by atoms with E-state index in [1.165, 1.54) is 12.8 Å². The van der Waals surface area contributed by atoms with E-state index in [0.29, 0.717) is 3.53 Å². The van der Waals surface area contributed by atoms with Crippen LogP contribution in [-0.2, 0) is 4.74 Å². The third kappa shape index (κ3) is 8.39. The number of ether oxygens (including phenoxy) is 1. The van der Waals surface area contributed by atoms with E-state index in [0.717, 1.165) is 13.2 Å². The van der Waals surface area contributed by atoms with Gasteiger partial charge in [-0.3, -0.25) is 0 Å². The summed E-state index contributed by atoms with van der Waals surface area (Å²) in [6.07, 6.45) is 2.56. The zero-order chi connectivity index (χ0) is 7.82. The van der Waals surface area contributed by atoms with Crippen molar-refractivity contribution < 1.29 is 9.94 Å². The predicted octanol–water partition coefficient (Wildman–Crippen LogP) is 2.32. The molecule has 1 fully saturated rings. The van der Waals surface area contributed by atoms with Crippen LogP contribution < -0.4 is 0 Å². The number of hydrogen-bond acceptors (Lipinski definition) is 3. The fourth-order valence-electron chi connectivity index (χ4n) is 0.510. The molecule has 10 heavy (non-hydrogen) atoms. The number of oxime groups is 1. The van der Waals surface area contributed by atoms with E-state index in [2.05, 4.69) is 37.0 Å². The normalized spacial score (nSPS) is 15.4. The Bertz CT molecular complexity index is 92.2. The Morgan fingerprint density at radius 2 is 1.70 bits per heavy atom. The predicted molar refractivity (Wildman–Crippen MR) is 47.1 cm³/mol. The van der Waals surface area contributed by atoms with Crippen molar-refractivity contribution >= 4 is 35.4 Å². The highest BCUT2D eigenvalue weighted by Gasteiger charge is 1.94. The molecule has 0 aromatic carbocycles. The fourth-order valence-corrected chi connectivity index (χ4v) is 0.510. The summed E-state index contributed by atoms with van der Waals surface area (Å²) < 4.78 is 5.25. The van der Waals surface area contributed by atoms with Crippen LogP contribution >= 0.6 is 31.9 Å². The topological polar surface area (TPSA) is 41.8 Å². The number of nitrogens with zero attached hydrogens (tertiary/aromatic N) is 1. The smallest absolute Gasteiger partial charge is 0.187 e. The van der Waals surface area contributed by atoms with Gasteiger partial charge >= 0.3 is 0 Å². The highest BCUT2D eigenvalue weighted by molar-refractivity contribution is 9.39. The number of rotatable bonds is 0. The lowest BCUT2D eigenvalue weighted by molar-refractivity contribution is 0.198. The van der Waals surface area contributed by atoms with Crippen molar-refractivity contribution in [2.45, 2.75) is 12.8 Å². The van der Waals surface area contributed by atoms with Crippen LogP contribution in [0.15, 0.2) is 5.16 Å². The van der Waals surface area contributed by atoms with E-state index in [1.807, 2.05) is 0 Å². The average molecular weight is 275 g/mol. The molecule has 0 atom stereocenters. The van der Waals surface area contributed by atoms with E-state index in [9.17, 15) is 0 Å². The first-order chi connectivity index (χ1) is 4.77. The van der Waals surface area contributed by atoms with Crippen LogP contribution in [0.25, 0.3) is 0 Å². The first-order valence-electron chi connectivity index (χ1n) is 2.88. The van der Waals surface area contributed by atoms with E-state index < -0.39 is 0 Å². The summed E-state index contributed by atoms with van der Waals surface area (Å²) >= 11 is 5.58. The molecule has 0 saturated carbocycles. The molecule has 0 bridgehead atoms. The second-order valence-corrected chi connectivity index (χ2v) is 4.23. The molecule has 0 aromatic rings. The Labute approximate surface area is 76.7 Å². The van der Waals surface area contributed by atoms with Crippen molar-refractivity contribution in [3.8, 4) is 0 Å². The lowest BCUT2D eigenvalue weighted by atomic mass is 10.4. The molecule has 0 aliphatic carbocycles. The molecule has 1 saturated heterocycles. The van der Waals surface area contributed by atoms with E-state index in [1.54, 1.807) is 0 Å². The zero-order valence-corrected chi connectivity index (χ0v) is 8.56. The Morgan fingerprint density at radius 1 is 1.30 bits per heavy atom. The van der Waals surface area contributed by atoms with Gasteiger partial charge in [0.15, 0.2) is 3.53 Å². The lowest BCUT2D eigenvalue weighted by Gasteiger charge is -1.76. The van der Waals surface area contributed by atoms with Gasteiger partial charge in [-0.1, -0.05) is 5.16 Å². The van der Waals surface area contributed by atoms with E-state index >= 15 is 0 Å². The maximum atomic E-state index is 7.64. The third-order valence-electron chi connectivity index (χ3n) is 0.903. The SMILES string of the molecule is C1CCOC1.ON=C(Br)Br. The molecule has 1 heterocycles. The maximum absolute atomic E-state index is 7.64. The molecule has 1 aliphatic rings. The van der Waals surface area contributed by atoms with Crippen molar-refractivity contribution in [1.29, 1.82) is 0 Å². The van der Waals surface area contributed by atoms with Crippen molar-refractivity contribution in [1.82, 2.24) is 0 Å². The van der Waals surface area contributed by atoms with Gasteiger partial charge < -0.3 is 9.94 Å². The molecule has 0 aromatic heterocycles. The third-order valence-corrected chi connectivity index (χ3v) is 1.22. The van der Waals surface area contributed by atoms with Crippen LogP contribution in [0, 0.1) is 0 Å². The quantitative estimate of drug-likeness (QED) is 0.418. The van der Waals surface area contributed by atoms with E-state index in [4.69, 9.17) is 9.94 Å². The molecular weight excluding hydrogens is 266 g/mol. The molecule has 1 aliphatic heterocycles. The number of halogens is 2. The highest BCUT2D eigenvalue weighted by atomic mass is 79.9. The molecular formula is C5H9Br2NO2. The lowest BCUT2D eigenvalue weighted by Crippen LogP contribution is -1.74. The van der Waals surface area contributed by atoms with Gasteiger partial charge in [0, 0.05) is 13.2 Å². The van der Waals surface area contributed by atoms with Crippen molar-refractivity contribution in [3.05, 3.63) is 0 Å². The summed E-state index contributed by atoms with van der Waals surface area (Å²) in [6.45, 7) is 2.00. The summed E-state index contributed by atoms with van der Waals surface area (Å²) in [6, 6.07) is 0. The van der Waals surface area contributed by atoms with Crippen LogP contribution in [0.2, 0.25) is 0 Å². The van der Waals surface area contributed by atoms with Gasteiger partial charge in [0.25, 0.3) is 0 Å². The van der Waals surface area contributed by atoms with Crippen LogP contribution in [0.3, 0.4) is 0 Å². The van der Waals surface area contributed by atoms with Crippen molar-refractivity contribution in [2.75, 3.05) is 13.2 Å². The van der Waals surface area contributed by atoms with Crippen molar-refractivity contribution in [3.63, 3.8) is 0 Å². The first-order valence-corrected chi connectivity index (χ1v) is 4.46. The second-order valence-electron chi connectivity index (χ2n) is 1.66. The van der Waals surface area contributed by atoms with Gasteiger partial charge in [0.1, 0.15) is 0 Å². The molecule has 60 valence electrons. The standard InChI is InChI=1S/C4H8O.CHBr2NO/c1-2-4-5-3-1;2-1(3)4-5/h1-4H2;5H. The largest absolute Gasteiger partial charge is 0.410 e. The molecule has 0 spiro atoms. The van der Waals surface area contributed by atoms with Crippen LogP contribution in [0.4, 0.5) is 0 Å². The maximum Gasteiger partial charge on any atom is 0.187 e. The minimum atomic E-state index is 0.310. The summed E-state index contributed by atoms with van der Waals surface area (Å²) in [5, 5.41) is 10.3.